The van der Waals surface area contributed by atoms with E-state index in [4.69, 9.17) is 11.0 Å². The van der Waals surface area contributed by atoms with Crippen molar-refractivity contribution >= 4 is 22.9 Å². The first kappa shape index (κ1) is 13.9. The molecule has 94 valence electrons. The Balaban J connectivity index is 2.91. The molecule has 0 aliphatic heterocycles. The molecule has 0 aromatic heterocycles. The highest BCUT2D eigenvalue weighted by atomic mass is 32.1. The quantitative estimate of drug-likeness (QED) is 0.488. The second kappa shape index (κ2) is 6.51. The highest BCUT2D eigenvalue weighted by Gasteiger charge is 2.08. The number of alkyl halides is 2. The predicted octanol–water partition coefficient (Wildman–Crippen LogP) is 2.39. The molecule has 18 heavy (non-hydrogen) atoms. The van der Waals surface area contributed by atoms with Gasteiger partial charge in [0.05, 0.1) is 5.69 Å². The summed E-state index contributed by atoms with van der Waals surface area (Å²) in [5, 5.41) is 11.4. The number of nitrogens with zero attached hydrogens (tertiary/aromatic N) is 1. The Labute approximate surface area is 108 Å². The second-order valence-corrected chi connectivity index (χ2v) is 3.49. The number of ether oxygens (including phenoxy) is 1. The average molecular weight is 269 g/mol. The van der Waals surface area contributed by atoms with Crippen LogP contribution in [0.3, 0.4) is 0 Å². The largest absolute Gasteiger partial charge is 0.433 e. The summed E-state index contributed by atoms with van der Waals surface area (Å²) in [6, 6.07) is 7.84. The van der Waals surface area contributed by atoms with Crippen LogP contribution in [0.2, 0.25) is 0 Å². The van der Waals surface area contributed by atoms with Crippen molar-refractivity contribution in [3.05, 3.63) is 36.0 Å². The molecule has 1 rings (SSSR count). The number of rotatable bonds is 5. The topological polar surface area (TPSA) is 71.1 Å². The molecule has 0 radical (unpaired) electrons. The van der Waals surface area contributed by atoms with Crippen molar-refractivity contribution in [1.29, 1.82) is 5.26 Å². The van der Waals surface area contributed by atoms with Gasteiger partial charge in [-0.3, -0.25) is 0 Å². The minimum Gasteiger partial charge on any atom is -0.433 e. The summed E-state index contributed by atoms with van der Waals surface area (Å²) in [5.41, 5.74) is 5.60. The molecule has 0 unspecified atom stereocenters. The fourth-order valence-corrected chi connectivity index (χ4v) is 1.20. The highest BCUT2D eigenvalue weighted by molar-refractivity contribution is 7.80. The first-order valence-corrected chi connectivity index (χ1v) is 5.16. The van der Waals surface area contributed by atoms with Gasteiger partial charge in [0.2, 0.25) is 0 Å². The maximum Gasteiger partial charge on any atom is 0.387 e. The number of hydrogen-bond donors (Lipinski definition) is 2. The molecule has 0 aliphatic rings. The molecule has 0 aliphatic carbocycles. The Kier molecular flexibility index (Phi) is 5.02. The van der Waals surface area contributed by atoms with Crippen LogP contribution >= 0.6 is 12.2 Å². The number of benzene rings is 1. The summed E-state index contributed by atoms with van der Waals surface area (Å²) < 4.78 is 28.6. The van der Waals surface area contributed by atoms with Gasteiger partial charge in [0.15, 0.2) is 0 Å². The summed E-state index contributed by atoms with van der Waals surface area (Å²) in [6.45, 7) is -2.93. The van der Waals surface area contributed by atoms with Gasteiger partial charge in [-0.25, -0.2) is 0 Å². The minimum atomic E-state index is -2.93. The molecular formula is C11H9F2N3OS. The Bertz CT molecular complexity index is 511. The van der Waals surface area contributed by atoms with Crippen molar-refractivity contribution in [2.45, 2.75) is 6.61 Å². The Morgan fingerprint density at radius 1 is 1.50 bits per heavy atom. The number of thiocarbonyl (C=S) groups is 1. The lowest BCUT2D eigenvalue weighted by atomic mass is 10.3. The lowest BCUT2D eigenvalue weighted by molar-refractivity contribution is -0.0493. The van der Waals surface area contributed by atoms with E-state index in [0.717, 1.165) is 0 Å². The van der Waals surface area contributed by atoms with Crippen LogP contribution < -0.4 is 15.8 Å². The molecular weight excluding hydrogens is 260 g/mol. The van der Waals surface area contributed by atoms with Crippen molar-refractivity contribution in [2.24, 2.45) is 5.73 Å². The van der Waals surface area contributed by atoms with Gasteiger partial charge in [-0.1, -0.05) is 24.4 Å². The molecule has 3 N–H and O–H groups in total. The van der Waals surface area contributed by atoms with E-state index in [0.29, 0.717) is 0 Å². The Morgan fingerprint density at radius 3 is 2.72 bits per heavy atom. The average Bonchev–Trinajstić information content (AvgIpc) is 2.30. The molecule has 4 nitrogen and oxygen atoms in total. The van der Waals surface area contributed by atoms with E-state index in [1.54, 1.807) is 18.2 Å². The molecule has 1 aromatic carbocycles. The zero-order valence-corrected chi connectivity index (χ0v) is 9.88. The fraction of sp³-hybridized carbons (Fsp3) is 0.0909. The number of hydrogen-bond acceptors (Lipinski definition) is 4. The SMILES string of the molecule is N#CC(=CNc1ccccc1OC(F)F)C(N)=S. The van der Waals surface area contributed by atoms with Crippen LogP contribution in [0, 0.1) is 11.3 Å². The van der Waals surface area contributed by atoms with E-state index >= 15 is 0 Å². The summed E-state index contributed by atoms with van der Waals surface area (Å²) in [7, 11) is 0. The van der Waals surface area contributed by atoms with E-state index in [1.165, 1.54) is 18.3 Å². The van der Waals surface area contributed by atoms with Crippen LogP contribution in [0.4, 0.5) is 14.5 Å². The van der Waals surface area contributed by atoms with Crippen LogP contribution in [0.5, 0.6) is 5.75 Å². The van der Waals surface area contributed by atoms with Gasteiger partial charge in [-0.2, -0.15) is 14.0 Å². The number of anilines is 1. The third kappa shape index (κ3) is 3.99. The second-order valence-electron chi connectivity index (χ2n) is 3.05. The van der Waals surface area contributed by atoms with Crippen LogP contribution in [0.25, 0.3) is 0 Å². The molecule has 0 bridgehead atoms. The van der Waals surface area contributed by atoms with Gasteiger partial charge in [-0.05, 0) is 12.1 Å². The lowest BCUT2D eigenvalue weighted by Crippen LogP contribution is -2.11. The Hall–Kier alpha value is -2.20. The first-order chi connectivity index (χ1) is 8.54. The van der Waals surface area contributed by atoms with Crippen LogP contribution in [-0.2, 0) is 0 Å². The molecule has 0 saturated carbocycles. The van der Waals surface area contributed by atoms with Gasteiger partial charge in [0, 0.05) is 6.20 Å². The maximum absolute atomic E-state index is 12.1. The Morgan fingerprint density at radius 2 is 2.17 bits per heavy atom. The molecule has 1 aromatic rings. The van der Waals surface area contributed by atoms with Crippen molar-refractivity contribution in [1.82, 2.24) is 0 Å². The van der Waals surface area contributed by atoms with Crippen molar-refractivity contribution < 1.29 is 13.5 Å². The van der Waals surface area contributed by atoms with Crippen molar-refractivity contribution in [3.63, 3.8) is 0 Å². The monoisotopic (exact) mass is 269 g/mol. The van der Waals surface area contributed by atoms with Gasteiger partial charge in [0.25, 0.3) is 0 Å². The van der Waals surface area contributed by atoms with Crippen LogP contribution in [-0.4, -0.2) is 11.6 Å². The molecule has 7 heteroatoms. The van der Waals surface area contributed by atoms with E-state index < -0.39 is 6.61 Å². The summed E-state index contributed by atoms with van der Waals surface area (Å²) >= 11 is 4.63. The van der Waals surface area contributed by atoms with E-state index in [-0.39, 0.29) is 22.0 Å². The normalized spacial score (nSPS) is 10.9. The predicted molar refractivity (Wildman–Crippen MR) is 67.2 cm³/mol. The minimum absolute atomic E-state index is 0.0380. The summed E-state index contributed by atoms with van der Waals surface area (Å²) in [5.74, 6) is -0.0380. The van der Waals surface area contributed by atoms with E-state index in [9.17, 15) is 8.78 Å². The maximum atomic E-state index is 12.1. The highest BCUT2D eigenvalue weighted by Crippen LogP contribution is 2.25. The van der Waals surface area contributed by atoms with Crippen LogP contribution in [0.15, 0.2) is 36.0 Å². The third-order valence-corrected chi connectivity index (χ3v) is 2.08. The third-order valence-electron chi connectivity index (χ3n) is 1.86. The van der Waals surface area contributed by atoms with Gasteiger partial charge < -0.3 is 15.8 Å². The van der Waals surface area contributed by atoms with E-state index in [1.807, 2.05) is 0 Å². The molecule has 0 heterocycles. The number of nitrogens with one attached hydrogen (secondary N) is 1. The molecule has 0 amide bonds. The van der Waals surface area contributed by atoms with Crippen molar-refractivity contribution in [2.75, 3.05) is 5.32 Å². The molecule has 0 atom stereocenters. The number of nitrogens with two attached hydrogens (primary N) is 1. The fourth-order valence-electron chi connectivity index (χ4n) is 1.09. The smallest absolute Gasteiger partial charge is 0.387 e. The zero-order valence-electron chi connectivity index (χ0n) is 9.06. The molecule has 0 spiro atoms. The van der Waals surface area contributed by atoms with E-state index in [2.05, 4.69) is 22.3 Å². The lowest BCUT2D eigenvalue weighted by Gasteiger charge is -2.10. The van der Waals surface area contributed by atoms with Crippen molar-refractivity contribution in [3.8, 4) is 11.8 Å². The van der Waals surface area contributed by atoms with Gasteiger partial charge >= 0.3 is 6.61 Å². The molecule has 0 fully saturated rings. The summed E-state index contributed by atoms with van der Waals surface area (Å²) in [4.78, 5) is -0.0859. The first-order valence-electron chi connectivity index (χ1n) is 4.75. The number of para-hydroxylation sites is 2. The van der Waals surface area contributed by atoms with Crippen LogP contribution in [0.1, 0.15) is 0 Å². The van der Waals surface area contributed by atoms with Gasteiger partial charge in [0.1, 0.15) is 22.4 Å². The number of halogens is 2. The van der Waals surface area contributed by atoms with Gasteiger partial charge in [-0.15, -0.1) is 0 Å². The molecule has 0 saturated heterocycles. The summed E-state index contributed by atoms with van der Waals surface area (Å²) in [6.07, 6.45) is 1.23. The zero-order chi connectivity index (χ0) is 13.5. The number of nitriles is 1. The standard InChI is InChI=1S/C11H9F2N3OS/c12-11(13)17-9-4-2-1-3-8(9)16-6-7(5-14)10(15)18/h1-4,6,11,16H,(H2,15,18).